The topological polar surface area (TPSA) is 108 Å². The zero-order valence-electron chi connectivity index (χ0n) is 22.1. The molecule has 1 aromatic carbocycles. The predicted octanol–water partition coefficient (Wildman–Crippen LogP) is 6.42. The lowest BCUT2D eigenvalue weighted by Crippen LogP contribution is -2.23. The van der Waals surface area contributed by atoms with Gasteiger partial charge >= 0.3 is 0 Å². The van der Waals surface area contributed by atoms with E-state index >= 15 is 4.39 Å². The van der Waals surface area contributed by atoms with Crippen molar-refractivity contribution >= 4 is 46.3 Å². The predicted molar refractivity (Wildman–Crippen MR) is 164 cm³/mol. The lowest BCUT2D eigenvalue weighted by molar-refractivity contribution is 0.0947. The van der Waals surface area contributed by atoms with Crippen LogP contribution < -0.4 is 10.9 Å². The molecule has 0 radical (unpaired) electrons. The van der Waals surface area contributed by atoms with E-state index in [1.165, 1.54) is 46.8 Å². The van der Waals surface area contributed by atoms with E-state index in [0.717, 1.165) is 9.56 Å². The number of carbonyl (C=O) groups excluding carboxylic acids is 1. The van der Waals surface area contributed by atoms with Gasteiger partial charge in [-0.2, -0.15) is 9.78 Å². The van der Waals surface area contributed by atoms with Gasteiger partial charge in [0.25, 0.3) is 11.5 Å². The summed E-state index contributed by atoms with van der Waals surface area (Å²) in [7, 11) is 0. The molecule has 0 aliphatic rings. The molecule has 5 heterocycles. The third-order valence-electron chi connectivity index (χ3n) is 6.52. The molecule has 0 aliphatic carbocycles. The van der Waals surface area contributed by atoms with Crippen LogP contribution in [-0.2, 0) is 13.1 Å². The van der Waals surface area contributed by atoms with E-state index in [1.54, 1.807) is 60.9 Å². The van der Waals surface area contributed by atoms with Gasteiger partial charge in [-0.3, -0.25) is 24.5 Å². The van der Waals surface area contributed by atoms with Gasteiger partial charge in [0.1, 0.15) is 5.69 Å². The van der Waals surface area contributed by atoms with Crippen LogP contribution in [0.15, 0.2) is 96.6 Å². The Morgan fingerprint density at radius 2 is 1.79 bits per heavy atom. The number of halogens is 3. The van der Waals surface area contributed by atoms with E-state index in [1.807, 2.05) is 0 Å². The van der Waals surface area contributed by atoms with Crippen LogP contribution in [0.4, 0.5) is 10.2 Å². The van der Waals surface area contributed by atoms with Crippen molar-refractivity contribution in [2.45, 2.75) is 13.1 Å². The molecule has 0 amide bonds. The minimum Gasteiger partial charge on any atom is -0.363 e. The second-order valence-corrected chi connectivity index (χ2v) is 11.4. The molecule has 6 rings (SSSR count). The van der Waals surface area contributed by atoms with Crippen LogP contribution in [0.2, 0.25) is 9.36 Å². The van der Waals surface area contributed by atoms with Crippen molar-refractivity contribution < 1.29 is 9.18 Å². The second kappa shape index (κ2) is 12.3. The van der Waals surface area contributed by atoms with E-state index in [2.05, 4.69) is 25.4 Å². The Hall–Kier alpha value is -4.71. The first-order valence-corrected chi connectivity index (χ1v) is 14.4. The molecule has 0 atom stereocenters. The number of benzene rings is 1. The molecule has 43 heavy (non-hydrogen) atoms. The van der Waals surface area contributed by atoms with Gasteiger partial charge in [0, 0.05) is 41.4 Å². The normalized spacial score (nSPS) is 11.0. The molecule has 0 saturated carbocycles. The molecule has 0 unspecified atom stereocenters. The van der Waals surface area contributed by atoms with E-state index in [4.69, 9.17) is 23.2 Å². The summed E-state index contributed by atoms with van der Waals surface area (Å²) in [6.07, 6.45) is 9.24. The number of aromatic nitrogens is 6. The van der Waals surface area contributed by atoms with Crippen LogP contribution in [-0.4, -0.2) is 35.2 Å². The third-order valence-corrected chi connectivity index (χ3v) is 8.08. The number of nitrogens with one attached hydrogen (secondary N) is 1. The summed E-state index contributed by atoms with van der Waals surface area (Å²) in [5.74, 6) is -1.65. The van der Waals surface area contributed by atoms with Crippen LogP contribution in [0.3, 0.4) is 0 Å². The average Bonchev–Trinajstić information content (AvgIpc) is 3.59. The molecule has 9 nitrogen and oxygen atoms in total. The second-order valence-electron chi connectivity index (χ2n) is 9.24. The zero-order chi connectivity index (χ0) is 29.9. The maximum atomic E-state index is 16.4. The minimum absolute atomic E-state index is 0.133. The molecular weight excluding hydrogens is 612 g/mol. The lowest BCUT2D eigenvalue weighted by Gasteiger charge is -2.12. The highest BCUT2D eigenvalue weighted by Gasteiger charge is 2.28. The van der Waals surface area contributed by atoms with Crippen molar-refractivity contribution in [1.29, 1.82) is 0 Å². The van der Waals surface area contributed by atoms with E-state index < -0.39 is 17.3 Å². The molecular formula is C30H20Cl2FN7O2S. The summed E-state index contributed by atoms with van der Waals surface area (Å²) < 4.78 is 19.4. The van der Waals surface area contributed by atoms with Gasteiger partial charge in [-0.15, -0.1) is 11.3 Å². The highest BCUT2D eigenvalue weighted by Crippen LogP contribution is 2.34. The number of anilines is 1. The monoisotopic (exact) mass is 631 g/mol. The van der Waals surface area contributed by atoms with Gasteiger partial charge in [0.15, 0.2) is 11.6 Å². The Bertz CT molecular complexity index is 2000. The molecule has 214 valence electrons. The summed E-state index contributed by atoms with van der Waals surface area (Å²) in [4.78, 5) is 40.8. The standard InChI is InChI=1S/C30H20Cl2FN7O2S/c31-23-4-2-1-3-21(23)29(41)40-28(37-16-20-5-6-24(32)43-20)26(33)27(38-40)22-9-14-39(17-19-15-35-12-13-36-19)30(42)25(22)18-7-10-34-11-8-18/h1-15,37H,16-17H2. The fourth-order valence-corrected chi connectivity index (χ4v) is 5.76. The first-order valence-electron chi connectivity index (χ1n) is 12.9. The van der Waals surface area contributed by atoms with E-state index in [0.29, 0.717) is 15.6 Å². The first kappa shape index (κ1) is 28.4. The number of pyridine rings is 2. The van der Waals surface area contributed by atoms with E-state index in [9.17, 15) is 9.59 Å². The van der Waals surface area contributed by atoms with Gasteiger partial charge in [-0.05, 0) is 48.0 Å². The largest absolute Gasteiger partial charge is 0.363 e. The minimum atomic E-state index is -0.815. The Balaban J connectivity index is 1.51. The first-order chi connectivity index (χ1) is 20.9. The van der Waals surface area contributed by atoms with Gasteiger partial charge < -0.3 is 9.88 Å². The van der Waals surface area contributed by atoms with Crippen molar-refractivity contribution in [3.05, 3.63) is 133 Å². The summed E-state index contributed by atoms with van der Waals surface area (Å²) in [6.45, 7) is 0.315. The number of hydrogen-bond donors (Lipinski definition) is 1. The fraction of sp³-hybridized carbons (Fsp3) is 0.0667. The quantitative estimate of drug-likeness (QED) is 0.206. The number of hydrogen-bond acceptors (Lipinski definition) is 8. The van der Waals surface area contributed by atoms with E-state index in [-0.39, 0.29) is 46.3 Å². The van der Waals surface area contributed by atoms with Gasteiger partial charge in [-0.1, -0.05) is 35.3 Å². The number of nitrogens with zero attached hydrogens (tertiary/aromatic N) is 6. The number of carbonyl (C=O) groups is 1. The Kier molecular flexibility index (Phi) is 8.10. The molecule has 0 spiro atoms. The summed E-state index contributed by atoms with van der Waals surface area (Å²) in [5, 5.41) is 7.60. The van der Waals surface area contributed by atoms with Crippen LogP contribution in [0.25, 0.3) is 22.4 Å². The van der Waals surface area contributed by atoms with Gasteiger partial charge in [-0.25, -0.2) is 4.39 Å². The molecule has 13 heteroatoms. The van der Waals surface area contributed by atoms with Crippen molar-refractivity contribution in [1.82, 2.24) is 29.3 Å². The van der Waals surface area contributed by atoms with Crippen LogP contribution >= 0.6 is 34.5 Å². The SMILES string of the molecule is O=C(c1ccccc1Cl)n1nc(-c2ccn(Cc3cnccn3)c(=O)c2-c2ccncc2)c(F)c1NCc1ccc(Cl)s1. The smallest absolute Gasteiger partial charge is 0.281 e. The molecule has 6 aromatic rings. The van der Waals surface area contributed by atoms with Crippen LogP contribution in [0.1, 0.15) is 20.9 Å². The maximum Gasteiger partial charge on any atom is 0.281 e. The average molecular weight is 633 g/mol. The van der Waals surface area contributed by atoms with Crippen molar-refractivity contribution in [2.75, 3.05) is 5.32 Å². The van der Waals surface area contributed by atoms with Crippen molar-refractivity contribution in [3.63, 3.8) is 0 Å². The Morgan fingerprint density at radius 1 is 0.977 bits per heavy atom. The summed E-state index contributed by atoms with van der Waals surface area (Å²) >= 11 is 13.7. The molecule has 1 N–H and O–H groups in total. The molecule has 5 aromatic heterocycles. The molecule has 0 fully saturated rings. The Morgan fingerprint density at radius 3 is 2.51 bits per heavy atom. The molecule has 0 bridgehead atoms. The zero-order valence-corrected chi connectivity index (χ0v) is 24.4. The highest BCUT2D eigenvalue weighted by atomic mass is 35.5. The number of rotatable bonds is 8. The highest BCUT2D eigenvalue weighted by molar-refractivity contribution is 7.16. The summed E-state index contributed by atoms with van der Waals surface area (Å²) in [5.41, 5.74) is 0.966. The number of thiophene rings is 1. The van der Waals surface area contributed by atoms with Crippen molar-refractivity contribution in [2.24, 2.45) is 0 Å². The van der Waals surface area contributed by atoms with Gasteiger partial charge in [0.2, 0.25) is 0 Å². The third kappa shape index (κ3) is 5.82. The Labute approximate surface area is 258 Å². The van der Waals surface area contributed by atoms with Crippen LogP contribution in [0.5, 0.6) is 0 Å². The maximum absolute atomic E-state index is 16.4. The van der Waals surface area contributed by atoms with Crippen LogP contribution in [0, 0.1) is 5.82 Å². The van der Waals surface area contributed by atoms with Gasteiger partial charge in [0.05, 0.1) is 45.5 Å². The lowest BCUT2D eigenvalue weighted by atomic mass is 10.00. The molecule has 0 aliphatic heterocycles. The van der Waals surface area contributed by atoms with Crippen molar-refractivity contribution in [3.8, 4) is 22.4 Å². The summed E-state index contributed by atoms with van der Waals surface area (Å²) in [6, 6.07) is 14.8. The molecule has 0 saturated heterocycles. The fourth-order valence-electron chi connectivity index (χ4n) is 4.52.